The van der Waals surface area contributed by atoms with Crippen LogP contribution < -0.4 is 10.6 Å². The Kier molecular flexibility index (Phi) is 3.60. The Bertz CT molecular complexity index is 441. The van der Waals surface area contributed by atoms with Gasteiger partial charge in [0.1, 0.15) is 11.9 Å². The van der Waals surface area contributed by atoms with Crippen molar-refractivity contribution >= 4 is 5.82 Å². The zero-order valence-corrected chi connectivity index (χ0v) is 10.4. The Morgan fingerprint density at radius 1 is 1.59 bits per heavy atom. The van der Waals surface area contributed by atoms with Crippen molar-refractivity contribution in [2.75, 3.05) is 18.4 Å². The summed E-state index contributed by atoms with van der Waals surface area (Å²) in [6, 6.07) is 4.67. The summed E-state index contributed by atoms with van der Waals surface area (Å²) < 4.78 is 0. The highest BCUT2D eigenvalue weighted by molar-refractivity contribution is 5.56. The third-order valence-electron chi connectivity index (χ3n) is 3.13. The van der Waals surface area contributed by atoms with E-state index in [-0.39, 0.29) is 0 Å². The summed E-state index contributed by atoms with van der Waals surface area (Å²) in [6.07, 6.45) is 2.43. The molecule has 1 aliphatic rings. The highest BCUT2D eigenvalue weighted by atomic mass is 15.0. The molecule has 2 heterocycles. The van der Waals surface area contributed by atoms with Gasteiger partial charge in [0, 0.05) is 18.3 Å². The second-order valence-electron chi connectivity index (χ2n) is 4.59. The molecule has 0 bridgehead atoms. The number of pyridine rings is 1. The first-order valence-electron chi connectivity index (χ1n) is 6.06. The van der Waals surface area contributed by atoms with Gasteiger partial charge in [-0.1, -0.05) is 0 Å². The van der Waals surface area contributed by atoms with E-state index >= 15 is 0 Å². The van der Waals surface area contributed by atoms with Crippen LogP contribution in [-0.2, 0) is 0 Å². The van der Waals surface area contributed by atoms with Crippen molar-refractivity contribution in [3.8, 4) is 6.07 Å². The van der Waals surface area contributed by atoms with Gasteiger partial charge in [0.25, 0.3) is 0 Å². The third-order valence-corrected chi connectivity index (χ3v) is 3.13. The predicted molar refractivity (Wildman–Crippen MR) is 67.9 cm³/mol. The molecule has 1 saturated heterocycles. The molecule has 1 atom stereocenters. The van der Waals surface area contributed by atoms with E-state index in [4.69, 9.17) is 5.26 Å². The maximum absolute atomic E-state index is 9.14. The summed E-state index contributed by atoms with van der Waals surface area (Å²) in [6.45, 7) is 5.84. The second-order valence-corrected chi connectivity index (χ2v) is 4.59. The van der Waals surface area contributed by atoms with Crippen LogP contribution in [0.3, 0.4) is 0 Å². The molecule has 0 aromatic carbocycles. The molecule has 0 amide bonds. The Morgan fingerprint density at radius 3 is 3.06 bits per heavy atom. The molecular weight excluding hydrogens is 212 g/mol. The lowest BCUT2D eigenvalue weighted by molar-refractivity contribution is 0.632. The van der Waals surface area contributed by atoms with Gasteiger partial charge in [-0.15, -0.1) is 0 Å². The van der Waals surface area contributed by atoms with E-state index in [1.165, 1.54) is 12.8 Å². The molecule has 2 N–H and O–H groups in total. The first kappa shape index (κ1) is 11.9. The number of rotatable bonds is 3. The molecule has 0 aliphatic carbocycles. The number of hydrogen-bond donors (Lipinski definition) is 2. The molecule has 17 heavy (non-hydrogen) atoms. The van der Waals surface area contributed by atoms with Crippen molar-refractivity contribution in [3.63, 3.8) is 0 Å². The van der Waals surface area contributed by atoms with Crippen molar-refractivity contribution in [3.05, 3.63) is 22.9 Å². The van der Waals surface area contributed by atoms with Crippen LogP contribution in [0.5, 0.6) is 0 Å². The van der Waals surface area contributed by atoms with Crippen LogP contribution in [0.15, 0.2) is 6.07 Å². The van der Waals surface area contributed by atoms with E-state index in [0.717, 1.165) is 30.2 Å². The van der Waals surface area contributed by atoms with Crippen LogP contribution in [-0.4, -0.2) is 24.1 Å². The van der Waals surface area contributed by atoms with Gasteiger partial charge in [0.05, 0.1) is 5.56 Å². The lowest BCUT2D eigenvalue weighted by Gasteiger charge is -2.14. The van der Waals surface area contributed by atoms with Crippen molar-refractivity contribution in [1.29, 1.82) is 5.26 Å². The standard InChI is InChI=1S/C13H18N4/c1-9-6-10(2)17-13(12(9)7-14)16-8-11-4-3-5-15-11/h6,11,15H,3-5,8H2,1-2H3,(H,16,17). The van der Waals surface area contributed by atoms with E-state index in [9.17, 15) is 0 Å². The van der Waals surface area contributed by atoms with Gasteiger partial charge in [0.15, 0.2) is 0 Å². The van der Waals surface area contributed by atoms with Crippen LogP contribution >= 0.6 is 0 Å². The Labute approximate surface area is 102 Å². The van der Waals surface area contributed by atoms with Crippen molar-refractivity contribution in [2.45, 2.75) is 32.7 Å². The van der Waals surface area contributed by atoms with Crippen molar-refractivity contribution < 1.29 is 0 Å². The topological polar surface area (TPSA) is 60.7 Å². The summed E-state index contributed by atoms with van der Waals surface area (Å²) in [5.41, 5.74) is 2.60. The quantitative estimate of drug-likeness (QED) is 0.830. The molecule has 1 aromatic rings. The van der Waals surface area contributed by atoms with Gasteiger partial charge in [-0.3, -0.25) is 0 Å². The maximum atomic E-state index is 9.14. The maximum Gasteiger partial charge on any atom is 0.144 e. The summed E-state index contributed by atoms with van der Waals surface area (Å²) in [5.74, 6) is 0.721. The highest BCUT2D eigenvalue weighted by Crippen LogP contribution is 2.18. The van der Waals surface area contributed by atoms with Gasteiger partial charge in [-0.05, 0) is 44.9 Å². The summed E-state index contributed by atoms with van der Waals surface area (Å²) >= 11 is 0. The average Bonchev–Trinajstić information content (AvgIpc) is 2.78. The number of hydrogen-bond acceptors (Lipinski definition) is 4. The lowest BCUT2D eigenvalue weighted by Crippen LogP contribution is -2.29. The number of aromatic nitrogens is 1. The smallest absolute Gasteiger partial charge is 0.144 e. The molecule has 1 unspecified atom stereocenters. The number of anilines is 1. The molecule has 1 aromatic heterocycles. The fourth-order valence-electron chi connectivity index (χ4n) is 2.26. The van der Waals surface area contributed by atoms with Crippen molar-refractivity contribution in [2.24, 2.45) is 0 Å². The summed E-state index contributed by atoms with van der Waals surface area (Å²) in [7, 11) is 0. The predicted octanol–water partition coefficient (Wildman–Crippen LogP) is 1.73. The van der Waals surface area contributed by atoms with Crippen LogP contribution in [0.25, 0.3) is 0 Å². The van der Waals surface area contributed by atoms with Crippen LogP contribution in [0.1, 0.15) is 29.7 Å². The fourth-order valence-corrected chi connectivity index (χ4v) is 2.26. The number of aryl methyl sites for hydroxylation is 2. The molecule has 1 aliphatic heterocycles. The normalized spacial score (nSPS) is 19.0. The van der Waals surface area contributed by atoms with E-state index in [1.54, 1.807) is 0 Å². The first-order valence-corrected chi connectivity index (χ1v) is 6.06. The molecule has 4 nitrogen and oxygen atoms in total. The molecule has 1 fully saturated rings. The fraction of sp³-hybridized carbons (Fsp3) is 0.538. The zero-order chi connectivity index (χ0) is 12.3. The van der Waals surface area contributed by atoms with Gasteiger partial charge < -0.3 is 10.6 Å². The summed E-state index contributed by atoms with van der Waals surface area (Å²) in [4.78, 5) is 4.40. The van der Waals surface area contributed by atoms with E-state index in [1.807, 2.05) is 19.9 Å². The van der Waals surface area contributed by atoms with Gasteiger partial charge >= 0.3 is 0 Å². The number of nitrogens with one attached hydrogen (secondary N) is 2. The minimum absolute atomic E-state index is 0.504. The minimum atomic E-state index is 0.504. The van der Waals surface area contributed by atoms with Crippen LogP contribution in [0.4, 0.5) is 5.82 Å². The molecule has 0 radical (unpaired) electrons. The monoisotopic (exact) mass is 230 g/mol. The molecule has 4 heteroatoms. The SMILES string of the molecule is Cc1cc(C)c(C#N)c(NCC2CCCN2)n1. The van der Waals surface area contributed by atoms with Crippen LogP contribution in [0.2, 0.25) is 0 Å². The van der Waals surface area contributed by atoms with Gasteiger partial charge in [-0.2, -0.15) is 5.26 Å². The average molecular weight is 230 g/mol. The number of nitrogens with zero attached hydrogens (tertiary/aromatic N) is 2. The van der Waals surface area contributed by atoms with E-state index in [0.29, 0.717) is 11.6 Å². The number of nitriles is 1. The van der Waals surface area contributed by atoms with E-state index in [2.05, 4.69) is 21.7 Å². The Balaban J connectivity index is 2.11. The minimum Gasteiger partial charge on any atom is -0.367 e. The highest BCUT2D eigenvalue weighted by Gasteiger charge is 2.15. The Hall–Kier alpha value is -1.60. The Morgan fingerprint density at radius 2 is 2.41 bits per heavy atom. The van der Waals surface area contributed by atoms with Gasteiger partial charge in [-0.25, -0.2) is 4.98 Å². The van der Waals surface area contributed by atoms with Gasteiger partial charge in [0.2, 0.25) is 0 Å². The van der Waals surface area contributed by atoms with Crippen molar-refractivity contribution in [1.82, 2.24) is 10.3 Å². The second kappa shape index (κ2) is 5.15. The molecule has 0 spiro atoms. The molecular formula is C13H18N4. The lowest BCUT2D eigenvalue weighted by atomic mass is 10.1. The van der Waals surface area contributed by atoms with Crippen LogP contribution in [0, 0.1) is 25.2 Å². The third kappa shape index (κ3) is 2.75. The zero-order valence-electron chi connectivity index (χ0n) is 10.4. The summed E-state index contributed by atoms with van der Waals surface area (Å²) in [5, 5.41) is 15.8. The largest absolute Gasteiger partial charge is 0.367 e. The molecule has 2 rings (SSSR count). The molecule has 0 saturated carbocycles. The molecule has 90 valence electrons. The van der Waals surface area contributed by atoms with E-state index < -0.39 is 0 Å². The first-order chi connectivity index (χ1) is 8.20.